The summed E-state index contributed by atoms with van der Waals surface area (Å²) < 4.78 is 0. The zero-order chi connectivity index (χ0) is 43.0. The van der Waals surface area contributed by atoms with Gasteiger partial charge in [-0.3, -0.25) is 0 Å². The Hall–Kier alpha value is -1.02. The molecule has 0 aliphatic heterocycles. The number of nitrogens with zero attached hydrogens (tertiary/aromatic N) is 1. The maximum absolute atomic E-state index is 4.07. The van der Waals surface area contributed by atoms with E-state index in [1.807, 2.05) is 46.0 Å². The van der Waals surface area contributed by atoms with Crippen molar-refractivity contribution in [2.45, 2.75) is 196 Å². The van der Waals surface area contributed by atoms with Gasteiger partial charge in [0.05, 0.1) is 0 Å². The van der Waals surface area contributed by atoms with E-state index in [1.165, 1.54) is 62.5 Å². The molecule has 329 valence electrons. The molecule has 0 bridgehead atoms. The molecule has 56 heavy (non-hydrogen) atoms. The maximum atomic E-state index is 4.07. The Morgan fingerprint density at radius 3 is 1.52 bits per heavy atom. The van der Waals surface area contributed by atoms with Crippen LogP contribution in [0.5, 0.6) is 0 Å². The van der Waals surface area contributed by atoms with E-state index < -0.39 is 0 Å². The predicted octanol–water partition coefficient (Wildman–Crippen LogP) is 17.7. The molecule has 0 heterocycles. The third kappa shape index (κ3) is 20.8. The molecule has 1 nitrogen and oxygen atoms in total. The Bertz CT molecular complexity index is 1210. The van der Waals surface area contributed by atoms with Crippen LogP contribution in [0.15, 0.2) is 66.8 Å². The van der Waals surface area contributed by atoms with Crippen molar-refractivity contribution in [3.63, 3.8) is 0 Å². The molecule has 0 fully saturated rings. The van der Waals surface area contributed by atoms with Crippen LogP contribution in [-0.2, 0) is 18.6 Å². The number of hydrogen-bond acceptors (Lipinski definition) is 1. The van der Waals surface area contributed by atoms with Crippen molar-refractivity contribution in [2.75, 3.05) is 21.1 Å². The summed E-state index contributed by atoms with van der Waals surface area (Å²) in [5, 5.41) is 0. The molecule has 0 saturated heterocycles. The van der Waals surface area contributed by atoms with Gasteiger partial charge in [0.25, 0.3) is 0 Å². The van der Waals surface area contributed by atoms with Crippen LogP contribution in [0.25, 0.3) is 0 Å². The summed E-state index contributed by atoms with van der Waals surface area (Å²) >= 11 is 0. The second-order valence-corrected chi connectivity index (χ2v) is 22.5. The van der Waals surface area contributed by atoms with Crippen LogP contribution in [0.2, 0.25) is 0 Å². The Labute approximate surface area is 368 Å². The van der Waals surface area contributed by atoms with Gasteiger partial charge in [0, 0.05) is 18.6 Å². The van der Waals surface area contributed by atoms with Crippen molar-refractivity contribution < 1.29 is 18.6 Å². The number of rotatable bonds is 19. The Morgan fingerprint density at radius 1 is 0.679 bits per heavy atom. The summed E-state index contributed by atoms with van der Waals surface area (Å²) in [6.07, 6.45) is 18.8. The summed E-state index contributed by atoms with van der Waals surface area (Å²) in [5.74, 6) is 1.70. The van der Waals surface area contributed by atoms with E-state index in [9.17, 15) is 0 Å². The number of unbranched alkanes of at least 4 members (excludes halogenated alkanes) is 1. The van der Waals surface area contributed by atoms with Crippen LogP contribution in [0, 0.1) is 57.2 Å². The monoisotopic (exact) mass is 816 g/mol. The fourth-order valence-corrected chi connectivity index (χ4v) is 8.58. The minimum absolute atomic E-state index is 0. The molecule has 0 aliphatic rings. The van der Waals surface area contributed by atoms with E-state index >= 15 is 0 Å². The molecular weight excluding hydrogens is 714 g/mol. The fraction of sp³-hybridized carbons (Fsp3) is 0.759. The minimum atomic E-state index is 0. The molecule has 0 spiro atoms. The Balaban J connectivity index is -0.00000158. The molecule has 3 unspecified atom stereocenters. The molecule has 0 N–H and O–H groups in total. The molecule has 3 atom stereocenters. The normalized spacial score (nSPS) is 15.0. The van der Waals surface area contributed by atoms with E-state index in [4.69, 9.17) is 0 Å². The summed E-state index contributed by atoms with van der Waals surface area (Å²) in [6.45, 7) is 52.7. The molecule has 0 saturated carbocycles. The quantitative estimate of drug-likeness (QED) is 0.0764. The number of hydrogen-bond donors (Lipinski definition) is 0. The third-order valence-electron chi connectivity index (χ3n) is 13.4. The van der Waals surface area contributed by atoms with Crippen molar-refractivity contribution in [3.8, 4) is 0 Å². The van der Waals surface area contributed by atoms with Crippen molar-refractivity contribution in [1.82, 2.24) is 4.90 Å². The second-order valence-electron chi connectivity index (χ2n) is 22.5. The van der Waals surface area contributed by atoms with Crippen LogP contribution >= 0.6 is 0 Å². The third-order valence-corrected chi connectivity index (χ3v) is 13.4. The first-order chi connectivity index (χ1) is 24.4. The Kier molecular flexibility index (Phi) is 28.9. The molecule has 1 rings (SSSR count). The minimum Gasteiger partial charge on any atom is -0.358 e. The first kappa shape index (κ1) is 61.6. The predicted molar refractivity (Wildman–Crippen MR) is 257 cm³/mol. The topological polar surface area (TPSA) is 3.24 Å². The second kappa shape index (κ2) is 26.2. The van der Waals surface area contributed by atoms with Gasteiger partial charge in [0.2, 0.25) is 0 Å². The van der Waals surface area contributed by atoms with Crippen LogP contribution in [0.1, 0.15) is 201 Å². The van der Waals surface area contributed by atoms with Gasteiger partial charge in [-0.1, -0.05) is 212 Å². The van der Waals surface area contributed by atoms with Crippen LogP contribution in [0.3, 0.4) is 0 Å². The standard InChI is InChI=1S/C48H84.C3H9N.C2H6.CH3.V/c1-20-28-37(29-21-2)40(35-42(4,5)6)47(16,17)45(12,13)33-27-26-32-44(10,11)39(22-3)34-46(14,15)48(18,19)41(36-43(7,8)9)38-30-24-23-25-31-38;1-4(2)3;1-2;;/h20-21,23-25,28-31,39-41H,1,22,26-27,32-36H2,2-19H3;1-3H3;1-2H3;1H3;/q;;;-1;/b29-21-,37-28+;;;;. The molecule has 1 aromatic rings. The van der Waals surface area contributed by atoms with E-state index in [-0.39, 0.29) is 58.5 Å². The van der Waals surface area contributed by atoms with Gasteiger partial charge >= 0.3 is 0 Å². The van der Waals surface area contributed by atoms with E-state index in [0.717, 1.165) is 0 Å². The molecular formula is C54H102NV-. The average molecular weight is 816 g/mol. The smallest absolute Gasteiger partial charge is 0 e. The molecule has 0 aromatic heterocycles. The first-order valence-corrected chi connectivity index (χ1v) is 22.0. The molecule has 2 heteroatoms. The first-order valence-electron chi connectivity index (χ1n) is 22.0. The summed E-state index contributed by atoms with van der Waals surface area (Å²) in [7, 11) is 6.00. The maximum Gasteiger partial charge on any atom is 0 e. The zero-order valence-electron chi connectivity index (χ0n) is 42.7. The summed E-state index contributed by atoms with van der Waals surface area (Å²) in [6, 6.07) is 11.4. The fourth-order valence-electron chi connectivity index (χ4n) is 8.58. The van der Waals surface area contributed by atoms with Crippen LogP contribution < -0.4 is 0 Å². The number of benzene rings is 1. The Morgan fingerprint density at radius 2 is 1.12 bits per heavy atom. The van der Waals surface area contributed by atoms with Gasteiger partial charge in [-0.25, -0.2) is 0 Å². The van der Waals surface area contributed by atoms with Gasteiger partial charge in [-0.05, 0) is 127 Å². The molecule has 0 amide bonds. The summed E-state index contributed by atoms with van der Waals surface area (Å²) in [5.41, 5.74) is 4.51. The van der Waals surface area contributed by atoms with Crippen molar-refractivity contribution in [3.05, 3.63) is 79.8 Å². The molecule has 0 aliphatic carbocycles. The van der Waals surface area contributed by atoms with E-state index in [2.05, 4.69) is 180 Å². The average Bonchev–Trinajstić information content (AvgIpc) is 3.03. The van der Waals surface area contributed by atoms with Gasteiger partial charge in [0.1, 0.15) is 0 Å². The van der Waals surface area contributed by atoms with Crippen LogP contribution in [0.4, 0.5) is 0 Å². The van der Waals surface area contributed by atoms with Crippen LogP contribution in [-0.4, -0.2) is 26.0 Å². The van der Waals surface area contributed by atoms with E-state index in [0.29, 0.717) is 23.2 Å². The largest absolute Gasteiger partial charge is 0.358 e. The van der Waals surface area contributed by atoms with Gasteiger partial charge in [-0.2, -0.15) is 0 Å². The molecule has 1 radical (unpaired) electrons. The van der Waals surface area contributed by atoms with Gasteiger partial charge < -0.3 is 12.3 Å². The van der Waals surface area contributed by atoms with Gasteiger partial charge in [-0.15, -0.1) is 0 Å². The number of allylic oxidation sites excluding steroid dienone is 5. The zero-order valence-corrected chi connectivity index (χ0v) is 44.1. The van der Waals surface area contributed by atoms with Crippen molar-refractivity contribution in [2.24, 2.45) is 49.7 Å². The summed E-state index contributed by atoms with van der Waals surface area (Å²) in [4.78, 5) is 2.00. The van der Waals surface area contributed by atoms with Gasteiger partial charge in [0.15, 0.2) is 0 Å². The molecule has 1 aromatic carbocycles. The van der Waals surface area contributed by atoms with Crippen molar-refractivity contribution in [1.29, 1.82) is 0 Å². The SMILES string of the molecule is C=C/C=C(\C=C/C)C(CC(C)(C)C)C(C)(C)C(C)(C)CCCCC(C)(C)C(CC)CC(C)(C)C(C)(C)C(CC(C)(C)C)c1ccccc1.CC.CN(C)C.[CH3-].[V]. The van der Waals surface area contributed by atoms with E-state index in [1.54, 1.807) is 0 Å². The van der Waals surface area contributed by atoms with Crippen molar-refractivity contribution >= 4 is 0 Å².